The third kappa shape index (κ3) is 6.88. The van der Waals surface area contributed by atoms with E-state index in [1.165, 1.54) is 0 Å². The van der Waals surface area contributed by atoms with E-state index in [2.05, 4.69) is 50.7 Å². The lowest BCUT2D eigenvalue weighted by atomic mass is 10.0. The minimum absolute atomic E-state index is 0.0800. The Kier molecular flexibility index (Phi) is 9.61. The quantitative estimate of drug-likeness (QED) is 0.329. The minimum Gasteiger partial charge on any atom is -0.497 e. The molecule has 0 saturated carbocycles. The Labute approximate surface area is 202 Å². The van der Waals surface area contributed by atoms with Crippen LogP contribution in [-0.4, -0.2) is 67.7 Å². The van der Waals surface area contributed by atoms with Crippen molar-refractivity contribution < 1.29 is 9.53 Å². The van der Waals surface area contributed by atoms with Crippen LogP contribution >= 0.6 is 0 Å². The molecule has 0 atom stereocenters. The lowest BCUT2D eigenvalue weighted by Gasteiger charge is -2.17. The highest BCUT2D eigenvalue weighted by atomic mass is 16.5. The second-order valence-electron chi connectivity index (χ2n) is 8.09. The zero-order valence-corrected chi connectivity index (χ0v) is 20.6. The minimum atomic E-state index is -0.0800. The monoisotopic (exact) mass is 464 g/mol. The van der Waals surface area contributed by atoms with Crippen LogP contribution in [-0.2, 0) is 4.79 Å². The number of amides is 1. The van der Waals surface area contributed by atoms with E-state index in [0.717, 1.165) is 72.5 Å². The van der Waals surface area contributed by atoms with Crippen LogP contribution < -0.4 is 20.7 Å². The largest absolute Gasteiger partial charge is 0.497 e. The number of unbranched alkanes of at least 4 members (excludes halogenated alkanes) is 1. The predicted octanol–water partition coefficient (Wildman–Crippen LogP) is 4.00. The van der Waals surface area contributed by atoms with Crippen molar-refractivity contribution in [2.45, 2.75) is 26.7 Å². The van der Waals surface area contributed by atoms with E-state index < -0.39 is 0 Å². The van der Waals surface area contributed by atoms with Crippen LogP contribution in [0.2, 0.25) is 0 Å². The van der Waals surface area contributed by atoms with E-state index in [4.69, 9.17) is 4.74 Å². The summed E-state index contributed by atoms with van der Waals surface area (Å²) >= 11 is 0. The van der Waals surface area contributed by atoms with Gasteiger partial charge in [-0.05, 0) is 74.7 Å². The van der Waals surface area contributed by atoms with E-state index in [-0.39, 0.29) is 12.5 Å². The highest BCUT2D eigenvalue weighted by molar-refractivity contribution is 6.05. The summed E-state index contributed by atoms with van der Waals surface area (Å²) < 4.78 is 5.41. The van der Waals surface area contributed by atoms with Gasteiger partial charge in [0, 0.05) is 29.9 Å². The molecule has 3 rings (SSSR count). The van der Waals surface area contributed by atoms with Crippen molar-refractivity contribution in [3.63, 3.8) is 0 Å². The molecular weight excluding hydrogens is 428 g/mol. The van der Waals surface area contributed by atoms with Crippen molar-refractivity contribution in [2.75, 3.05) is 57.5 Å². The van der Waals surface area contributed by atoms with Gasteiger partial charge in [0.1, 0.15) is 5.75 Å². The molecule has 0 saturated heterocycles. The van der Waals surface area contributed by atoms with E-state index >= 15 is 0 Å². The van der Waals surface area contributed by atoms with Crippen molar-refractivity contribution in [1.29, 1.82) is 0 Å². The van der Waals surface area contributed by atoms with Crippen LogP contribution in [0.3, 0.4) is 0 Å². The number of benzene rings is 2. The number of aromatic nitrogens is 2. The summed E-state index contributed by atoms with van der Waals surface area (Å²) in [5.41, 5.74) is 2.40. The normalized spacial score (nSPS) is 11.1. The summed E-state index contributed by atoms with van der Waals surface area (Å²) in [6.07, 6.45) is 3.88. The number of carbonyl (C=O) groups excluding carboxylic acids is 1. The van der Waals surface area contributed by atoms with Gasteiger partial charge in [-0.1, -0.05) is 19.9 Å². The molecule has 0 unspecified atom stereocenters. The van der Waals surface area contributed by atoms with E-state index in [9.17, 15) is 4.79 Å². The SMILES string of the molecule is CCN(CC)CCCCNCC(=O)Nc1cc(-c2ccnc(NC)n2)cc2ccc(OC)cc12. The van der Waals surface area contributed by atoms with Crippen molar-refractivity contribution in [1.82, 2.24) is 20.2 Å². The summed E-state index contributed by atoms with van der Waals surface area (Å²) in [5, 5.41) is 11.2. The van der Waals surface area contributed by atoms with Gasteiger partial charge < -0.3 is 25.6 Å². The first kappa shape index (κ1) is 25.4. The fraction of sp³-hybridized carbons (Fsp3) is 0.423. The number of anilines is 2. The standard InChI is InChI=1S/C26H36N6O2/c1-5-32(6-2)14-8-7-12-28-18-25(33)30-24-16-20(23-11-13-29-26(27-3)31-23)15-19-9-10-21(34-4)17-22(19)24/h9-11,13,15-17,28H,5-8,12,14,18H2,1-4H3,(H,30,33)(H,27,29,31). The number of hydrogen-bond acceptors (Lipinski definition) is 7. The smallest absolute Gasteiger partial charge is 0.238 e. The number of carbonyl (C=O) groups is 1. The molecule has 0 bridgehead atoms. The maximum atomic E-state index is 12.7. The molecule has 3 aromatic rings. The molecule has 182 valence electrons. The molecule has 1 aromatic heterocycles. The van der Waals surface area contributed by atoms with E-state index in [1.807, 2.05) is 30.3 Å². The Balaban J connectivity index is 1.71. The van der Waals surface area contributed by atoms with E-state index in [1.54, 1.807) is 20.4 Å². The van der Waals surface area contributed by atoms with E-state index in [0.29, 0.717) is 5.95 Å². The molecule has 0 spiro atoms. The van der Waals surface area contributed by atoms with Crippen LogP contribution in [0.5, 0.6) is 5.75 Å². The Morgan fingerprint density at radius 2 is 1.91 bits per heavy atom. The lowest BCUT2D eigenvalue weighted by molar-refractivity contribution is -0.115. The van der Waals surface area contributed by atoms with Gasteiger partial charge in [0.2, 0.25) is 11.9 Å². The van der Waals surface area contributed by atoms with Crippen LogP contribution in [0.25, 0.3) is 22.0 Å². The molecule has 8 heteroatoms. The van der Waals surface area contributed by atoms with Gasteiger partial charge in [0.05, 0.1) is 19.3 Å². The van der Waals surface area contributed by atoms with Crippen LogP contribution in [0.4, 0.5) is 11.6 Å². The average molecular weight is 465 g/mol. The number of hydrogen-bond donors (Lipinski definition) is 3. The van der Waals surface area contributed by atoms with Crippen LogP contribution in [0.15, 0.2) is 42.6 Å². The molecule has 2 aromatic carbocycles. The second-order valence-corrected chi connectivity index (χ2v) is 8.09. The molecule has 1 heterocycles. The molecule has 0 radical (unpaired) electrons. The zero-order valence-electron chi connectivity index (χ0n) is 20.6. The molecule has 3 N–H and O–H groups in total. The highest BCUT2D eigenvalue weighted by Crippen LogP contribution is 2.33. The Morgan fingerprint density at radius 3 is 2.65 bits per heavy atom. The van der Waals surface area contributed by atoms with Gasteiger partial charge in [-0.3, -0.25) is 4.79 Å². The molecular formula is C26H36N6O2. The van der Waals surface area contributed by atoms with Crippen LogP contribution in [0, 0.1) is 0 Å². The fourth-order valence-electron chi connectivity index (χ4n) is 3.88. The molecule has 0 aliphatic carbocycles. The fourth-order valence-corrected chi connectivity index (χ4v) is 3.88. The number of ether oxygens (including phenoxy) is 1. The topological polar surface area (TPSA) is 91.4 Å². The van der Waals surface area contributed by atoms with Gasteiger partial charge in [0.25, 0.3) is 0 Å². The number of fused-ring (bicyclic) bond motifs is 1. The first-order valence-corrected chi connectivity index (χ1v) is 11.9. The molecule has 0 aliphatic heterocycles. The Morgan fingerprint density at radius 1 is 1.09 bits per heavy atom. The number of nitrogens with zero attached hydrogens (tertiary/aromatic N) is 3. The van der Waals surface area contributed by atoms with Gasteiger partial charge in [0.15, 0.2) is 0 Å². The Hall–Kier alpha value is -3.23. The molecule has 34 heavy (non-hydrogen) atoms. The molecule has 8 nitrogen and oxygen atoms in total. The lowest BCUT2D eigenvalue weighted by Crippen LogP contribution is -2.29. The number of nitrogens with one attached hydrogen (secondary N) is 3. The zero-order chi connectivity index (χ0) is 24.3. The average Bonchev–Trinajstić information content (AvgIpc) is 2.88. The number of methoxy groups -OCH3 is 1. The molecule has 0 fully saturated rings. The Bertz CT molecular complexity index is 1080. The molecule has 0 aliphatic rings. The first-order valence-electron chi connectivity index (χ1n) is 11.9. The van der Waals surface area contributed by atoms with Crippen molar-refractivity contribution in [2.24, 2.45) is 0 Å². The molecule has 1 amide bonds. The third-order valence-corrected chi connectivity index (χ3v) is 5.87. The second kappa shape index (κ2) is 12.9. The first-order chi connectivity index (χ1) is 16.6. The van der Waals surface area contributed by atoms with Gasteiger partial charge in [-0.15, -0.1) is 0 Å². The maximum absolute atomic E-state index is 12.7. The highest BCUT2D eigenvalue weighted by Gasteiger charge is 2.12. The maximum Gasteiger partial charge on any atom is 0.238 e. The van der Waals surface area contributed by atoms with Gasteiger partial charge in [-0.2, -0.15) is 0 Å². The van der Waals surface area contributed by atoms with Crippen molar-refractivity contribution in [3.8, 4) is 17.0 Å². The summed E-state index contributed by atoms with van der Waals surface area (Å²) in [4.78, 5) is 23.9. The summed E-state index contributed by atoms with van der Waals surface area (Å²) in [6, 6.07) is 11.7. The van der Waals surface area contributed by atoms with Crippen LogP contribution in [0.1, 0.15) is 26.7 Å². The summed E-state index contributed by atoms with van der Waals surface area (Å²) in [5.74, 6) is 1.20. The predicted molar refractivity (Wildman–Crippen MR) is 140 cm³/mol. The third-order valence-electron chi connectivity index (χ3n) is 5.87. The number of rotatable bonds is 13. The van der Waals surface area contributed by atoms with Gasteiger partial charge >= 0.3 is 0 Å². The van der Waals surface area contributed by atoms with Crippen molar-refractivity contribution in [3.05, 3.63) is 42.6 Å². The van der Waals surface area contributed by atoms with Gasteiger partial charge in [-0.25, -0.2) is 9.97 Å². The van der Waals surface area contributed by atoms with Crippen molar-refractivity contribution >= 4 is 28.3 Å². The summed E-state index contributed by atoms with van der Waals surface area (Å²) in [6.45, 7) is 8.70. The summed E-state index contributed by atoms with van der Waals surface area (Å²) in [7, 11) is 3.42.